The molecule has 4 unspecified atom stereocenters. The van der Waals surface area contributed by atoms with Gasteiger partial charge >= 0.3 is 0 Å². The third-order valence-electron chi connectivity index (χ3n) is 6.09. The summed E-state index contributed by atoms with van der Waals surface area (Å²) in [4.78, 5) is 15.0. The van der Waals surface area contributed by atoms with Gasteiger partial charge in [0.1, 0.15) is 28.9 Å². The molecule has 1 aliphatic heterocycles. The Bertz CT molecular complexity index is 968. The van der Waals surface area contributed by atoms with Gasteiger partial charge in [-0.05, 0) is 60.9 Å². The fraction of sp³-hybridized carbons (Fsp3) is 0.435. The minimum absolute atomic E-state index is 0.0265. The van der Waals surface area contributed by atoms with Crippen LogP contribution in [-0.4, -0.2) is 36.2 Å². The Balaban J connectivity index is 1.48. The number of thiol groups is 1. The first-order valence-corrected chi connectivity index (χ1v) is 12.1. The fourth-order valence-electron chi connectivity index (χ4n) is 4.52. The van der Waals surface area contributed by atoms with Crippen molar-refractivity contribution >= 4 is 16.9 Å². The highest BCUT2D eigenvalue weighted by Crippen LogP contribution is 2.51. The smallest absolute Gasteiger partial charge is 0.226 e. The number of carbonyl (C=O) groups excluding carboxylic acids is 1. The van der Waals surface area contributed by atoms with Crippen molar-refractivity contribution in [1.29, 1.82) is 0 Å². The Morgan fingerprint density at radius 2 is 1.90 bits per heavy atom. The number of carbonyl (C=O) groups is 1. The first kappa shape index (κ1) is 21.1. The number of hydrogen-bond acceptors (Lipinski definition) is 2. The summed E-state index contributed by atoms with van der Waals surface area (Å²) in [5.74, 6) is -0.899. The van der Waals surface area contributed by atoms with Crippen molar-refractivity contribution in [2.75, 3.05) is 19.3 Å². The summed E-state index contributed by atoms with van der Waals surface area (Å²) >= 11 is 0. The molecule has 1 N–H and O–H groups in total. The molecule has 2 aromatic carbocycles. The molecule has 1 saturated carbocycles. The molecule has 0 aromatic heterocycles. The Labute approximate surface area is 178 Å². The van der Waals surface area contributed by atoms with Crippen LogP contribution >= 0.6 is 0 Å². The lowest BCUT2D eigenvalue weighted by Gasteiger charge is -2.21. The van der Waals surface area contributed by atoms with Gasteiger partial charge in [0.15, 0.2) is 0 Å². The topological polar surface area (TPSA) is 49.4 Å². The molecular formula is C23H27F2N2O2S+. The molecule has 1 aliphatic carbocycles. The van der Waals surface area contributed by atoms with E-state index in [2.05, 4.69) is 4.72 Å². The monoisotopic (exact) mass is 433 g/mol. The molecule has 2 aliphatic rings. The molecule has 0 bridgehead atoms. The summed E-state index contributed by atoms with van der Waals surface area (Å²) in [6, 6.07) is 11.0. The van der Waals surface area contributed by atoms with E-state index in [9.17, 15) is 17.8 Å². The van der Waals surface area contributed by atoms with Crippen LogP contribution in [0.5, 0.6) is 0 Å². The second kappa shape index (κ2) is 8.94. The summed E-state index contributed by atoms with van der Waals surface area (Å²) in [5.41, 5.74) is 1.79. The normalized spacial score (nSPS) is 24.9. The van der Waals surface area contributed by atoms with Crippen LogP contribution in [0.15, 0.2) is 42.5 Å². The van der Waals surface area contributed by atoms with E-state index in [0.29, 0.717) is 18.7 Å². The first-order valence-electron chi connectivity index (χ1n) is 10.4. The van der Waals surface area contributed by atoms with Crippen molar-refractivity contribution in [3.63, 3.8) is 0 Å². The van der Waals surface area contributed by atoms with E-state index in [1.165, 1.54) is 6.07 Å². The minimum atomic E-state index is -1.39. The summed E-state index contributed by atoms with van der Waals surface area (Å²) in [5, 5.41) is 0. The highest BCUT2D eigenvalue weighted by molar-refractivity contribution is 7.82. The minimum Gasteiger partial charge on any atom is -0.342 e. The summed E-state index contributed by atoms with van der Waals surface area (Å²) in [7, 11) is -1.39. The number of nitrogens with zero attached hydrogens (tertiary/aromatic N) is 1. The number of halogens is 2. The van der Waals surface area contributed by atoms with E-state index in [4.69, 9.17) is 0 Å². The van der Waals surface area contributed by atoms with Crippen molar-refractivity contribution < 1.29 is 17.8 Å². The van der Waals surface area contributed by atoms with Crippen LogP contribution in [0.3, 0.4) is 0 Å². The molecule has 7 heteroatoms. The molecule has 1 saturated heterocycles. The number of benzene rings is 2. The van der Waals surface area contributed by atoms with Crippen LogP contribution < -0.4 is 4.72 Å². The zero-order valence-corrected chi connectivity index (χ0v) is 17.9. The number of amides is 1. The van der Waals surface area contributed by atoms with Gasteiger partial charge in [0.25, 0.3) is 0 Å². The van der Waals surface area contributed by atoms with Crippen LogP contribution in [0, 0.1) is 17.6 Å². The lowest BCUT2D eigenvalue weighted by molar-refractivity contribution is -0.132. The van der Waals surface area contributed by atoms with E-state index in [0.717, 1.165) is 43.4 Å². The summed E-state index contributed by atoms with van der Waals surface area (Å²) < 4.78 is 42.7. The number of nitrogens with one attached hydrogen (secondary N) is 1. The largest absolute Gasteiger partial charge is 0.342 e. The van der Waals surface area contributed by atoms with Crippen molar-refractivity contribution in [2.24, 2.45) is 5.92 Å². The van der Waals surface area contributed by atoms with Crippen molar-refractivity contribution in [3.8, 4) is 11.1 Å². The van der Waals surface area contributed by atoms with Gasteiger partial charge in [-0.1, -0.05) is 28.5 Å². The van der Waals surface area contributed by atoms with Crippen LogP contribution in [0.2, 0.25) is 0 Å². The van der Waals surface area contributed by atoms with Gasteiger partial charge < -0.3 is 4.90 Å². The average Bonchev–Trinajstić information content (AvgIpc) is 3.53. The van der Waals surface area contributed by atoms with Crippen LogP contribution in [0.4, 0.5) is 8.78 Å². The van der Waals surface area contributed by atoms with E-state index < -0.39 is 22.6 Å². The fourth-order valence-corrected chi connectivity index (χ4v) is 5.29. The number of rotatable bonds is 5. The molecule has 0 spiro atoms. The molecule has 30 heavy (non-hydrogen) atoms. The van der Waals surface area contributed by atoms with E-state index in [1.54, 1.807) is 12.3 Å². The predicted octanol–water partition coefficient (Wildman–Crippen LogP) is 3.95. The molecule has 4 rings (SSSR count). The highest BCUT2D eigenvalue weighted by Gasteiger charge is 2.46. The molecule has 160 valence electrons. The molecule has 2 fully saturated rings. The molecule has 0 radical (unpaired) electrons. The second-order valence-electron chi connectivity index (χ2n) is 8.24. The van der Waals surface area contributed by atoms with Gasteiger partial charge in [-0.2, -0.15) is 0 Å². The Morgan fingerprint density at radius 1 is 1.10 bits per heavy atom. The number of likely N-dealkylation sites (tertiary alicyclic amines) is 1. The second-order valence-corrected chi connectivity index (χ2v) is 9.49. The van der Waals surface area contributed by atoms with Crippen LogP contribution in [0.1, 0.15) is 37.2 Å². The maximum absolute atomic E-state index is 14.4. The molecule has 1 heterocycles. The first-order chi connectivity index (χ1) is 14.4. The van der Waals surface area contributed by atoms with Gasteiger partial charge in [-0.3, -0.25) is 4.79 Å². The molecular weight excluding hydrogens is 406 g/mol. The lowest BCUT2D eigenvalue weighted by Crippen LogP contribution is -2.35. The average molecular weight is 434 g/mol. The van der Waals surface area contributed by atoms with E-state index in [1.807, 2.05) is 23.1 Å². The molecule has 1 amide bonds. The van der Waals surface area contributed by atoms with Crippen molar-refractivity contribution in [2.45, 2.75) is 37.6 Å². The quantitative estimate of drug-likeness (QED) is 0.574. The Kier molecular flexibility index (Phi) is 6.29. The van der Waals surface area contributed by atoms with E-state index >= 15 is 0 Å². The van der Waals surface area contributed by atoms with Crippen LogP contribution in [-0.2, 0) is 20.0 Å². The maximum atomic E-state index is 14.4. The molecule has 4 atom stereocenters. The van der Waals surface area contributed by atoms with Gasteiger partial charge in [-0.15, -0.1) is 4.72 Å². The zero-order chi connectivity index (χ0) is 21.3. The number of hydrogen-bond donors (Lipinski definition) is 1. The van der Waals surface area contributed by atoms with Crippen molar-refractivity contribution in [1.82, 2.24) is 9.62 Å². The summed E-state index contributed by atoms with van der Waals surface area (Å²) in [6.07, 6.45) is 4.98. The van der Waals surface area contributed by atoms with Crippen molar-refractivity contribution in [3.05, 3.63) is 59.7 Å². The maximum Gasteiger partial charge on any atom is 0.226 e. The molecule has 4 nitrogen and oxygen atoms in total. The van der Waals surface area contributed by atoms with Gasteiger partial charge in [-0.25, -0.2) is 8.78 Å². The van der Waals surface area contributed by atoms with Crippen LogP contribution in [0.25, 0.3) is 11.1 Å². The molecule has 2 aromatic rings. The predicted molar refractivity (Wildman–Crippen MR) is 115 cm³/mol. The Morgan fingerprint density at radius 3 is 2.70 bits per heavy atom. The van der Waals surface area contributed by atoms with Gasteiger partial charge in [0, 0.05) is 24.6 Å². The standard InChI is InChI=1S/C23H26F2N2O2S/c1-30(29)26-16-5-4-11-27(12-10-16)23(28)21-14-19(21)17-6-2-3-7-18(17)20-13-15(24)8-9-22(20)25/h2-3,6-9,13,16,19,21H,4-5,10-12,14H2,1H3,(H,26,29)/p+1. The summed E-state index contributed by atoms with van der Waals surface area (Å²) in [6.45, 7) is 1.37. The van der Waals surface area contributed by atoms with Gasteiger partial charge in [0.2, 0.25) is 5.91 Å². The third kappa shape index (κ3) is 4.62. The SMILES string of the molecule is C[SH+](=O)NC1CCCN(C(=O)C2CC2c2ccccc2-c2cc(F)ccc2F)CC1. The Hall–Kier alpha value is -2.12. The lowest BCUT2D eigenvalue weighted by atomic mass is 9.95. The highest BCUT2D eigenvalue weighted by atomic mass is 32.2. The zero-order valence-electron chi connectivity index (χ0n) is 17.0. The third-order valence-corrected chi connectivity index (χ3v) is 6.82. The van der Waals surface area contributed by atoms with E-state index in [-0.39, 0.29) is 29.3 Å². The van der Waals surface area contributed by atoms with Gasteiger partial charge in [0.05, 0.1) is 6.04 Å².